The molecule has 1 amide bonds. The molecule has 0 saturated heterocycles. The van der Waals surface area contributed by atoms with E-state index in [4.69, 9.17) is 0 Å². The van der Waals surface area contributed by atoms with E-state index in [1.807, 2.05) is 19.1 Å². The first-order chi connectivity index (χ1) is 11.5. The third-order valence-electron chi connectivity index (χ3n) is 4.11. The lowest BCUT2D eigenvalue weighted by atomic mass is 10.0. The number of hydrogen-bond donors (Lipinski definition) is 1. The van der Waals surface area contributed by atoms with Gasteiger partial charge in [0.1, 0.15) is 0 Å². The normalized spacial score (nSPS) is 13.2. The van der Waals surface area contributed by atoms with Crippen LogP contribution in [0.2, 0.25) is 0 Å². The van der Waals surface area contributed by atoms with Crippen LogP contribution in [0.4, 0.5) is 0 Å². The summed E-state index contributed by atoms with van der Waals surface area (Å²) in [5.41, 5.74) is 1.25. The van der Waals surface area contributed by atoms with Gasteiger partial charge in [-0.3, -0.25) is 4.79 Å². The van der Waals surface area contributed by atoms with Crippen molar-refractivity contribution in [3.8, 4) is 0 Å². The molecule has 2 aromatic carbocycles. The zero-order chi connectivity index (χ0) is 17.5. The van der Waals surface area contributed by atoms with Crippen molar-refractivity contribution < 1.29 is 4.79 Å². The van der Waals surface area contributed by atoms with Crippen molar-refractivity contribution in [2.45, 2.75) is 33.2 Å². The first-order valence-corrected chi connectivity index (χ1v) is 9.07. The number of allylic oxidation sites excluding steroid dienone is 3. The molecule has 0 heterocycles. The van der Waals surface area contributed by atoms with Gasteiger partial charge in [0.15, 0.2) is 0 Å². The monoisotopic (exact) mass is 385 g/mol. The van der Waals surface area contributed by atoms with E-state index < -0.39 is 0 Å². The van der Waals surface area contributed by atoms with Gasteiger partial charge in [0.2, 0.25) is 5.91 Å². The number of hydrogen-bond acceptors (Lipinski definition) is 1. The topological polar surface area (TPSA) is 29.1 Å². The van der Waals surface area contributed by atoms with E-state index in [9.17, 15) is 4.79 Å². The quantitative estimate of drug-likeness (QED) is 0.521. The fourth-order valence-electron chi connectivity index (χ4n) is 2.29. The molecule has 1 N–H and O–H groups in total. The SMILES string of the molecule is CC(C)C(C)NC(=O)C=CC=CCc1ccc2c(Br)cccc2c1. The second-order valence-electron chi connectivity index (χ2n) is 6.33. The van der Waals surface area contributed by atoms with Crippen molar-refractivity contribution >= 4 is 32.6 Å². The summed E-state index contributed by atoms with van der Waals surface area (Å²) in [5.74, 6) is 0.391. The zero-order valence-electron chi connectivity index (χ0n) is 14.4. The average Bonchev–Trinajstić information content (AvgIpc) is 2.54. The van der Waals surface area contributed by atoms with Crippen LogP contribution in [-0.2, 0) is 11.2 Å². The number of benzene rings is 2. The molecule has 0 aliphatic heterocycles. The Morgan fingerprint density at radius 2 is 1.96 bits per heavy atom. The lowest BCUT2D eigenvalue weighted by Crippen LogP contribution is -2.34. The Morgan fingerprint density at radius 1 is 1.17 bits per heavy atom. The number of nitrogens with one attached hydrogen (secondary N) is 1. The Morgan fingerprint density at radius 3 is 2.71 bits per heavy atom. The van der Waals surface area contributed by atoms with Crippen molar-refractivity contribution in [3.63, 3.8) is 0 Å². The molecule has 2 rings (SSSR count). The van der Waals surface area contributed by atoms with Crippen LogP contribution in [0, 0.1) is 5.92 Å². The molecule has 0 aromatic heterocycles. The molecule has 0 aliphatic carbocycles. The molecule has 1 unspecified atom stereocenters. The first-order valence-electron chi connectivity index (χ1n) is 8.28. The second kappa shape index (κ2) is 8.84. The summed E-state index contributed by atoms with van der Waals surface area (Å²) >= 11 is 3.57. The summed E-state index contributed by atoms with van der Waals surface area (Å²) in [6, 6.07) is 12.9. The van der Waals surface area contributed by atoms with Crippen LogP contribution in [0.25, 0.3) is 10.8 Å². The minimum absolute atomic E-state index is 0.0450. The minimum Gasteiger partial charge on any atom is -0.350 e. The number of halogens is 1. The van der Waals surface area contributed by atoms with Gasteiger partial charge >= 0.3 is 0 Å². The van der Waals surface area contributed by atoms with Gasteiger partial charge in [-0.1, -0.05) is 78.3 Å². The average molecular weight is 386 g/mol. The number of carbonyl (C=O) groups excluding carboxylic acids is 1. The van der Waals surface area contributed by atoms with Gasteiger partial charge < -0.3 is 5.32 Å². The Balaban J connectivity index is 1.90. The van der Waals surface area contributed by atoms with Gasteiger partial charge in [0.25, 0.3) is 0 Å². The molecule has 0 fully saturated rings. The lowest BCUT2D eigenvalue weighted by molar-refractivity contribution is -0.117. The van der Waals surface area contributed by atoms with Gasteiger partial charge in [-0.15, -0.1) is 0 Å². The van der Waals surface area contributed by atoms with Crippen LogP contribution in [0.15, 0.2) is 65.2 Å². The molecular formula is C21H24BrNO. The Hall–Kier alpha value is -1.87. The highest BCUT2D eigenvalue weighted by Gasteiger charge is 2.07. The van der Waals surface area contributed by atoms with Gasteiger partial charge in [-0.2, -0.15) is 0 Å². The fourth-order valence-corrected chi connectivity index (χ4v) is 2.80. The van der Waals surface area contributed by atoms with Crippen molar-refractivity contribution in [1.82, 2.24) is 5.32 Å². The molecule has 1 atom stereocenters. The van der Waals surface area contributed by atoms with Crippen molar-refractivity contribution in [1.29, 1.82) is 0 Å². The van der Waals surface area contributed by atoms with Gasteiger partial charge in [0.05, 0.1) is 0 Å². The predicted molar refractivity (Wildman–Crippen MR) is 106 cm³/mol. The van der Waals surface area contributed by atoms with E-state index in [1.54, 1.807) is 12.2 Å². The van der Waals surface area contributed by atoms with Crippen molar-refractivity contribution in [2.75, 3.05) is 0 Å². The van der Waals surface area contributed by atoms with Crippen LogP contribution in [-0.4, -0.2) is 11.9 Å². The maximum Gasteiger partial charge on any atom is 0.244 e. The maximum absolute atomic E-state index is 11.7. The molecule has 0 spiro atoms. The summed E-state index contributed by atoms with van der Waals surface area (Å²) < 4.78 is 1.12. The number of carbonyl (C=O) groups is 1. The summed E-state index contributed by atoms with van der Waals surface area (Å²) in [7, 11) is 0. The molecule has 126 valence electrons. The van der Waals surface area contributed by atoms with Gasteiger partial charge in [-0.25, -0.2) is 0 Å². The number of amides is 1. The van der Waals surface area contributed by atoms with Crippen LogP contribution < -0.4 is 5.32 Å². The molecule has 0 bridgehead atoms. The second-order valence-corrected chi connectivity index (χ2v) is 7.18. The zero-order valence-corrected chi connectivity index (χ0v) is 16.0. The highest BCUT2D eigenvalue weighted by atomic mass is 79.9. The standard InChI is InChI=1S/C21H24BrNO/c1-15(2)16(3)23-21(24)11-6-4-5-8-17-12-13-19-18(14-17)9-7-10-20(19)22/h4-7,9-16H,8H2,1-3H3,(H,23,24). The first kappa shape index (κ1) is 18.5. The van der Waals surface area contributed by atoms with Crippen molar-refractivity contribution in [3.05, 3.63) is 70.7 Å². The molecular weight excluding hydrogens is 362 g/mol. The summed E-state index contributed by atoms with van der Waals surface area (Å²) in [6.45, 7) is 6.21. The van der Waals surface area contributed by atoms with Gasteiger partial charge in [-0.05, 0) is 41.7 Å². The largest absolute Gasteiger partial charge is 0.350 e. The van der Waals surface area contributed by atoms with E-state index in [0.29, 0.717) is 5.92 Å². The lowest BCUT2D eigenvalue weighted by Gasteiger charge is -2.15. The van der Waals surface area contributed by atoms with Crippen LogP contribution in [0.5, 0.6) is 0 Å². The third kappa shape index (κ3) is 5.34. The summed E-state index contributed by atoms with van der Waals surface area (Å²) in [4.78, 5) is 11.7. The molecule has 0 aliphatic rings. The highest BCUT2D eigenvalue weighted by Crippen LogP contribution is 2.24. The Labute approximate surface area is 152 Å². The van der Waals surface area contributed by atoms with Crippen LogP contribution in [0.1, 0.15) is 26.3 Å². The highest BCUT2D eigenvalue weighted by molar-refractivity contribution is 9.10. The molecule has 24 heavy (non-hydrogen) atoms. The van der Waals surface area contributed by atoms with Crippen LogP contribution in [0.3, 0.4) is 0 Å². The minimum atomic E-state index is -0.0450. The van der Waals surface area contributed by atoms with E-state index in [-0.39, 0.29) is 11.9 Å². The van der Waals surface area contributed by atoms with E-state index >= 15 is 0 Å². The molecule has 0 radical (unpaired) electrons. The Kier molecular flexibility index (Phi) is 6.80. The third-order valence-corrected chi connectivity index (χ3v) is 4.80. The summed E-state index contributed by atoms with van der Waals surface area (Å²) in [5, 5.41) is 5.40. The predicted octanol–water partition coefficient (Wildman–Crippen LogP) is 5.42. The number of fused-ring (bicyclic) bond motifs is 1. The van der Waals surface area contributed by atoms with Crippen molar-refractivity contribution in [2.24, 2.45) is 5.92 Å². The smallest absolute Gasteiger partial charge is 0.244 e. The van der Waals surface area contributed by atoms with E-state index in [1.165, 1.54) is 16.3 Å². The molecule has 2 nitrogen and oxygen atoms in total. The molecule has 3 heteroatoms. The van der Waals surface area contributed by atoms with Gasteiger partial charge in [0, 0.05) is 16.6 Å². The maximum atomic E-state index is 11.7. The van der Waals surface area contributed by atoms with Crippen LogP contribution >= 0.6 is 15.9 Å². The molecule has 0 saturated carbocycles. The summed E-state index contributed by atoms with van der Waals surface area (Å²) in [6.07, 6.45) is 8.20. The Bertz CT molecular complexity index is 762. The number of rotatable bonds is 6. The molecule has 2 aromatic rings. The van der Waals surface area contributed by atoms with E-state index in [0.717, 1.165) is 10.9 Å². The fraction of sp³-hybridized carbons (Fsp3) is 0.286. The van der Waals surface area contributed by atoms with E-state index in [2.05, 4.69) is 71.5 Å².